The second-order valence-corrected chi connectivity index (χ2v) is 10.9. The van der Waals surface area contributed by atoms with Gasteiger partial charge in [0, 0.05) is 28.1 Å². The topological polar surface area (TPSA) is 126 Å². The number of aliphatic hydroxyl groups is 1. The van der Waals surface area contributed by atoms with Crippen molar-refractivity contribution < 1.29 is 24.2 Å². The van der Waals surface area contributed by atoms with Crippen LogP contribution in [0.2, 0.25) is 5.02 Å². The third-order valence-corrected chi connectivity index (χ3v) is 8.19. The van der Waals surface area contributed by atoms with Gasteiger partial charge in [0.15, 0.2) is 5.96 Å². The Hall–Kier alpha value is -3.30. The fourth-order valence-corrected chi connectivity index (χ4v) is 5.75. The lowest BCUT2D eigenvalue weighted by atomic mass is 9.86. The SMILES string of the molecule is CCC1(CC)CC(=O)N([C@@H]2CCOc3ccc(C(=O)N[C@@H]4c5cc(Cl)ccc5OC[C@@]4(C)O)cc32)C(N)=N1. The molecule has 5 rings (SSSR count). The van der Waals surface area contributed by atoms with Crippen LogP contribution in [-0.2, 0) is 4.79 Å². The van der Waals surface area contributed by atoms with Crippen LogP contribution in [0.25, 0.3) is 0 Å². The highest BCUT2D eigenvalue weighted by atomic mass is 35.5. The van der Waals surface area contributed by atoms with Gasteiger partial charge in [-0.25, -0.2) is 4.99 Å². The number of aliphatic imine (C=N–C) groups is 1. The van der Waals surface area contributed by atoms with E-state index in [1.165, 1.54) is 0 Å². The van der Waals surface area contributed by atoms with Gasteiger partial charge < -0.3 is 25.6 Å². The molecule has 0 spiro atoms. The second kappa shape index (κ2) is 9.78. The van der Waals surface area contributed by atoms with Crippen molar-refractivity contribution in [1.82, 2.24) is 10.2 Å². The number of hydrogen-bond acceptors (Lipinski definition) is 7. The number of fused-ring (bicyclic) bond motifs is 2. The molecule has 4 N–H and O–H groups in total. The van der Waals surface area contributed by atoms with E-state index in [9.17, 15) is 14.7 Å². The van der Waals surface area contributed by atoms with Gasteiger partial charge in [-0.3, -0.25) is 14.5 Å². The van der Waals surface area contributed by atoms with Gasteiger partial charge in [0.1, 0.15) is 23.7 Å². The number of nitrogens with two attached hydrogens (primary N) is 1. The number of nitrogens with one attached hydrogen (secondary N) is 1. The molecule has 2 amide bonds. The second-order valence-electron chi connectivity index (χ2n) is 10.5. The smallest absolute Gasteiger partial charge is 0.251 e. The molecule has 10 heteroatoms. The first kappa shape index (κ1) is 26.3. The molecule has 2 aromatic rings. The van der Waals surface area contributed by atoms with Crippen LogP contribution in [0.15, 0.2) is 41.4 Å². The fourth-order valence-electron chi connectivity index (χ4n) is 5.57. The quantitative estimate of drug-likeness (QED) is 0.528. The highest BCUT2D eigenvalue weighted by molar-refractivity contribution is 6.30. The number of guanidine groups is 1. The molecular weight excluding hydrogens is 508 g/mol. The van der Waals surface area contributed by atoms with Crippen molar-refractivity contribution in [2.24, 2.45) is 10.7 Å². The first-order chi connectivity index (χ1) is 18.1. The monoisotopic (exact) mass is 540 g/mol. The summed E-state index contributed by atoms with van der Waals surface area (Å²) in [5.74, 6) is 0.873. The number of hydrogen-bond donors (Lipinski definition) is 3. The van der Waals surface area contributed by atoms with Crippen molar-refractivity contribution in [3.05, 3.63) is 58.1 Å². The maximum absolute atomic E-state index is 13.5. The lowest BCUT2D eigenvalue weighted by Crippen LogP contribution is -2.53. The van der Waals surface area contributed by atoms with Gasteiger partial charge in [0.25, 0.3) is 5.91 Å². The summed E-state index contributed by atoms with van der Waals surface area (Å²) >= 11 is 6.20. The van der Waals surface area contributed by atoms with E-state index < -0.39 is 29.1 Å². The van der Waals surface area contributed by atoms with Gasteiger partial charge in [-0.05, 0) is 56.2 Å². The summed E-state index contributed by atoms with van der Waals surface area (Å²) in [5, 5.41) is 14.5. The van der Waals surface area contributed by atoms with Crippen LogP contribution in [0, 0.1) is 0 Å². The van der Waals surface area contributed by atoms with Crippen LogP contribution < -0.4 is 20.5 Å². The van der Waals surface area contributed by atoms with Crippen LogP contribution in [0.5, 0.6) is 11.5 Å². The number of carbonyl (C=O) groups excluding carboxylic acids is 2. The first-order valence-corrected chi connectivity index (χ1v) is 13.3. The predicted octanol–water partition coefficient (Wildman–Crippen LogP) is 3.88. The zero-order chi connectivity index (χ0) is 27.2. The Balaban J connectivity index is 1.46. The third-order valence-electron chi connectivity index (χ3n) is 7.96. The molecule has 0 saturated heterocycles. The molecule has 0 bridgehead atoms. The van der Waals surface area contributed by atoms with E-state index >= 15 is 0 Å². The molecule has 0 aliphatic carbocycles. The Morgan fingerprint density at radius 1 is 1.18 bits per heavy atom. The van der Waals surface area contributed by atoms with Crippen molar-refractivity contribution in [2.45, 2.75) is 69.7 Å². The van der Waals surface area contributed by atoms with E-state index in [0.717, 1.165) is 12.8 Å². The van der Waals surface area contributed by atoms with Crippen LogP contribution in [0.1, 0.15) is 80.0 Å². The van der Waals surface area contributed by atoms with Crippen molar-refractivity contribution in [3.8, 4) is 11.5 Å². The number of halogens is 1. The summed E-state index contributed by atoms with van der Waals surface area (Å²) in [6.45, 7) is 6.06. The maximum Gasteiger partial charge on any atom is 0.251 e. The maximum atomic E-state index is 13.5. The molecule has 202 valence electrons. The normalized spacial score (nSPS) is 25.9. The Labute approximate surface area is 227 Å². The van der Waals surface area contributed by atoms with Gasteiger partial charge in [-0.15, -0.1) is 0 Å². The van der Waals surface area contributed by atoms with Crippen LogP contribution in [-0.4, -0.2) is 52.1 Å². The van der Waals surface area contributed by atoms with Crippen molar-refractivity contribution in [3.63, 3.8) is 0 Å². The number of benzene rings is 2. The van der Waals surface area contributed by atoms with E-state index in [2.05, 4.69) is 5.32 Å². The largest absolute Gasteiger partial charge is 0.493 e. The predicted molar refractivity (Wildman–Crippen MR) is 143 cm³/mol. The van der Waals surface area contributed by atoms with Crippen LogP contribution in [0.4, 0.5) is 0 Å². The minimum absolute atomic E-state index is 0.0133. The lowest BCUT2D eigenvalue weighted by molar-refractivity contribution is -0.132. The van der Waals surface area contributed by atoms with Crippen molar-refractivity contribution in [1.29, 1.82) is 0 Å². The summed E-state index contributed by atoms with van der Waals surface area (Å²) < 4.78 is 11.5. The molecule has 3 aliphatic rings. The van der Waals surface area contributed by atoms with E-state index in [1.54, 1.807) is 48.2 Å². The van der Waals surface area contributed by atoms with Crippen molar-refractivity contribution in [2.75, 3.05) is 13.2 Å². The van der Waals surface area contributed by atoms with E-state index in [1.807, 2.05) is 13.8 Å². The average Bonchev–Trinajstić information content (AvgIpc) is 2.89. The van der Waals surface area contributed by atoms with Crippen LogP contribution >= 0.6 is 11.6 Å². The number of ether oxygens (including phenoxy) is 2. The Bertz CT molecular complexity index is 1310. The molecule has 0 radical (unpaired) electrons. The first-order valence-electron chi connectivity index (χ1n) is 13.0. The molecule has 2 aromatic carbocycles. The van der Waals surface area contributed by atoms with Gasteiger partial charge in [0.2, 0.25) is 5.91 Å². The number of rotatable bonds is 5. The minimum atomic E-state index is -1.36. The average molecular weight is 541 g/mol. The highest BCUT2D eigenvalue weighted by Gasteiger charge is 2.43. The zero-order valence-corrected chi connectivity index (χ0v) is 22.5. The fraction of sp³-hybridized carbons (Fsp3) is 0.464. The standard InChI is InChI=1S/C28H33ClN4O5/c1-4-28(5-2)14-23(34)33(26(30)32-28)20-10-11-37-21-8-6-16(12-18(20)21)25(35)31-24-19-13-17(29)7-9-22(19)38-15-27(24,3)36/h6-9,12-13,20,24,36H,4-5,10-11,14-15H2,1-3H3,(H2,30,32)(H,31,35)/t20-,24-,27-/m1/s1. The van der Waals surface area contributed by atoms with Gasteiger partial charge in [-0.1, -0.05) is 25.4 Å². The van der Waals surface area contributed by atoms with Gasteiger partial charge in [-0.2, -0.15) is 0 Å². The molecule has 0 unspecified atom stereocenters. The molecule has 0 fully saturated rings. The molecule has 9 nitrogen and oxygen atoms in total. The lowest BCUT2D eigenvalue weighted by Gasteiger charge is -2.41. The summed E-state index contributed by atoms with van der Waals surface area (Å²) in [6, 6.07) is 9.08. The van der Waals surface area contributed by atoms with Gasteiger partial charge >= 0.3 is 0 Å². The Morgan fingerprint density at radius 3 is 2.61 bits per heavy atom. The number of nitrogens with zero attached hydrogens (tertiary/aromatic N) is 2. The summed E-state index contributed by atoms with van der Waals surface area (Å²) in [5.41, 5.74) is 6.19. The molecule has 38 heavy (non-hydrogen) atoms. The number of carbonyl (C=O) groups is 2. The number of amides is 2. The van der Waals surface area contributed by atoms with E-state index in [-0.39, 0.29) is 24.9 Å². The summed E-state index contributed by atoms with van der Waals surface area (Å²) in [6.07, 6.45) is 2.26. The highest BCUT2D eigenvalue weighted by Crippen LogP contribution is 2.41. The van der Waals surface area contributed by atoms with Crippen LogP contribution in [0.3, 0.4) is 0 Å². The van der Waals surface area contributed by atoms with E-state index in [0.29, 0.717) is 46.2 Å². The molecule has 3 aliphatic heterocycles. The minimum Gasteiger partial charge on any atom is -0.493 e. The molecular formula is C28H33ClN4O5. The molecule has 3 heterocycles. The van der Waals surface area contributed by atoms with Crippen molar-refractivity contribution >= 4 is 29.4 Å². The Morgan fingerprint density at radius 2 is 1.89 bits per heavy atom. The molecule has 0 aromatic heterocycles. The van der Waals surface area contributed by atoms with E-state index in [4.69, 9.17) is 31.8 Å². The third kappa shape index (κ3) is 4.58. The molecule has 3 atom stereocenters. The summed E-state index contributed by atoms with van der Waals surface area (Å²) in [7, 11) is 0. The molecule has 0 saturated carbocycles. The summed E-state index contributed by atoms with van der Waals surface area (Å²) in [4.78, 5) is 33.1. The Kier molecular flexibility index (Phi) is 6.77. The van der Waals surface area contributed by atoms with Gasteiger partial charge in [0.05, 0.1) is 30.7 Å². The zero-order valence-electron chi connectivity index (χ0n) is 21.8.